The van der Waals surface area contributed by atoms with Crippen LogP contribution in [-0.2, 0) is 17.6 Å². The van der Waals surface area contributed by atoms with Gasteiger partial charge in [0.05, 0.1) is 16.8 Å². The molecule has 0 spiro atoms. The number of nitrogens with zero attached hydrogens (tertiary/aromatic N) is 3. The minimum atomic E-state index is -1.04. The molecule has 0 atom stereocenters. The number of aliphatic carboxylic acids is 1. The zero-order valence-electron chi connectivity index (χ0n) is 12.7. The number of nitrogens with one attached hydrogen (secondary N) is 2. The molecule has 1 aromatic rings. The summed E-state index contributed by atoms with van der Waals surface area (Å²) in [6.07, 6.45) is 1.42. The van der Waals surface area contributed by atoms with Gasteiger partial charge >= 0.3 is 12.0 Å². The summed E-state index contributed by atoms with van der Waals surface area (Å²) in [4.78, 5) is 26.9. The van der Waals surface area contributed by atoms with Crippen LogP contribution in [0.5, 0.6) is 0 Å². The monoisotopic (exact) mass is 295 g/mol. The Morgan fingerprint density at radius 3 is 2.29 bits per heavy atom. The number of rotatable bonds is 6. The normalized spacial score (nSPS) is 11.0. The summed E-state index contributed by atoms with van der Waals surface area (Å²) >= 11 is 0. The molecule has 0 aliphatic heterocycles. The second-order valence-corrected chi connectivity index (χ2v) is 5.23. The highest BCUT2D eigenvalue weighted by molar-refractivity contribution is 5.87. The van der Waals surface area contributed by atoms with Gasteiger partial charge in [-0.1, -0.05) is 13.8 Å². The van der Waals surface area contributed by atoms with Crippen molar-refractivity contribution in [2.45, 2.75) is 40.5 Å². The summed E-state index contributed by atoms with van der Waals surface area (Å²) in [6, 6.07) is -0.558. The molecule has 1 rings (SSSR count). The third-order valence-electron chi connectivity index (χ3n) is 3.00. The molecule has 8 nitrogen and oxygen atoms in total. The standard InChI is InChI=1S/C13H21N5O3/c1-5-8-9(6-2)17-18-11(15-8)16-12(21)14-7-13(3,4)10(19)20/h5-7H2,1-4H3,(H,19,20)(H2,14,15,16,18,21). The topological polar surface area (TPSA) is 117 Å². The molecule has 21 heavy (non-hydrogen) atoms. The average Bonchev–Trinajstić information content (AvgIpc) is 2.45. The Kier molecular flexibility index (Phi) is 5.57. The van der Waals surface area contributed by atoms with Crippen LogP contribution in [0.3, 0.4) is 0 Å². The number of amides is 2. The number of anilines is 1. The number of carboxylic acid groups (broad SMARTS) is 1. The van der Waals surface area contributed by atoms with Crippen molar-refractivity contribution in [2.24, 2.45) is 5.41 Å². The van der Waals surface area contributed by atoms with Crippen molar-refractivity contribution in [2.75, 3.05) is 11.9 Å². The summed E-state index contributed by atoms with van der Waals surface area (Å²) in [5, 5.41) is 21.7. The second-order valence-electron chi connectivity index (χ2n) is 5.23. The molecular formula is C13H21N5O3. The Hall–Kier alpha value is -2.25. The number of aryl methyl sites for hydroxylation is 2. The lowest BCUT2D eigenvalue weighted by molar-refractivity contribution is -0.146. The maximum Gasteiger partial charge on any atom is 0.321 e. The number of carbonyl (C=O) groups excluding carboxylic acids is 1. The van der Waals surface area contributed by atoms with Gasteiger partial charge in [-0.3, -0.25) is 10.1 Å². The molecule has 8 heteroatoms. The van der Waals surface area contributed by atoms with E-state index < -0.39 is 17.4 Å². The predicted octanol–water partition coefficient (Wildman–Crippen LogP) is 1.23. The Bertz CT molecular complexity index is 531. The lowest BCUT2D eigenvalue weighted by Gasteiger charge is -2.19. The van der Waals surface area contributed by atoms with E-state index in [1.54, 1.807) is 0 Å². The SMILES string of the molecule is CCc1nnc(NC(=O)NCC(C)(C)C(=O)O)nc1CC. The number of hydrogen-bond donors (Lipinski definition) is 3. The van der Waals surface area contributed by atoms with Crippen LogP contribution >= 0.6 is 0 Å². The summed E-state index contributed by atoms with van der Waals surface area (Å²) in [5.41, 5.74) is 0.543. The first-order chi connectivity index (χ1) is 9.80. The van der Waals surface area contributed by atoms with Gasteiger partial charge < -0.3 is 10.4 Å². The first-order valence-corrected chi connectivity index (χ1v) is 6.80. The van der Waals surface area contributed by atoms with Crippen LogP contribution in [0.4, 0.5) is 10.7 Å². The molecule has 0 aliphatic carbocycles. The first-order valence-electron chi connectivity index (χ1n) is 6.80. The van der Waals surface area contributed by atoms with Gasteiger partial charge in [0.25, 0.3) is 5.95 Å². The molecule has 1 aromatic heterocycles. The average molecular weight is 295 g/mol. The van der Waals surface area contributed by atoms with E-state index in [4.69, 9.17) is 5.11 Å². The van der Waals surface area contributed by atoms with Gasteiger partial charge in [-0.05, 0) is 26.7 Å². The number of hydrogen-bond acceptors (Lipinski definition) is 5. The molecule has 0 saturated carbocycles. The van der Waals surface area contributed by atoms with E-state index in [0.29, 0.717) is 6.42 Å². The maximum absolute atomic E-state index is 11.7. The maximum atomic E-state index is 11.7. The van der Waals surface area contributed by atoms with Gasteiger partial charge in [0.15, 0.2) is 0 Å². The predicted molar refractivity (Wildman–Crippen MR) is 77.0 cm³/mol. The third kappa shape index (κ3) is 4.66. The summed E-state index contributed by atoms with van der Waals surface area (Å²) < 4.78 is 0. The Morgan fingerprint density at radius 2 is 1.76 bits per heavy atom. The van der Waals surface area contributed by atoms with Crippen LogP contribution in [0, 0.1) is 5.41 Å². The van der Waals surface area contributed by atoms with Crippen molar-refractivity contribution in [3.8, 4) is 0 Å². The van der Waals surface area contributed by atoms with Crippen LogP contribution in [-0.4, -0.2) is 38.8 Å². The minimum Gasteiger partial charge on any atom is -0.481 e. The molecule has 3 N–H and O–H groups in total. The number of urea groups is 1. The zero-order chi connectivity index (χ0) is 16.0. The van der Waals surface area contributed by atoms with Crippen LogP contribution < -0.4 is 10.6 Å². The van der Waals surface area contributed by atoms with Crippen LogP contribution in [0.1, 0.15) is 39.1 Å². The fraction of sp³-hybridized carbons (Fsp3) is 0.615. The Morgan fingerprint density at radius 1 is 1.14 bits per heavy atom. The number of aromatic nitrogens is 3. The smallest absolute Gasteiger partial charge is 0.321 e. The van der Waals surface area contributed by atoms with Gasteiger partial charge in [0, 0.05) is 6.54 Å². The van der Waals surface area contributed by atoms with Gasteiger partial charge in [0.2, 0.25) is 0 Å². The van der Waals surface area contributed by atoms with Crippen molar-refractivity contribution in [3.05, 3.63) is 11.4 Å². The van der Waals surface area contributed by atoms with Gasteiger partial charge in [0.1, 0.15) is 0 Å². The largest absolute Gasteiger partial charge is 0.481 e. The molecule has 0 saturated heterocycles. The van der Waals surface area contributed by atoms with Crippen LogP contribution in [0.2, 0.25) is 0 Å². The molecule has 2 amide bonds. The summed E-state index contributed by atoms with van der Waals surface area (Å²) in [7, 11) is 0. The fourth-order valence-corrected chi connectivity index (χ4v) is 1.51. The van der Waals surface area contributed by atoms with Crippen molar-refractivity contribution in [1.82, 2.24) is 20.5 Å². The summed E-state index contributed by atoms with van der Waals surface area (Å²) in [6.45, 7) is 6.95. The molecule has 116 valence electrons. The van der Waals surface area contributed by atoms with E-state index in [-0.39, 0.29) is 12.5 Å². The second kappa shape index (κ2) is 6.96. The quantitative estimate of drug-likeness (QED) is 0.726. The van der Waals surface area contributed by atoms with Crippen molar-refractivity contribution in [1.29, 1.82) is 0 Å². The lowest BCUT2D eigenvalue weighted by Crippen LogP contribution is -2.41. The van der Waals surface area contributed by atoms with Gasteiger partial charge in [-0.2, -0.15) is 0 Å². The highest BCUT2D eigenvalue weighted by atomic mass is 16.4. The van der Waals surface area contributed by atoms with E-state index in [9.17, 15) is 9.59 Å². The first kappa shape index (κ1) is 16.8. The molecule has 0 fully saturated rings. The van der Waals surface area contributed by atoms with Crippen molar-refractivity contribution < 1.29 is 14.7 Å². The molecule has 1 heterocycles. The molecular weight excluding hydrogens is 274 g/mol. The van der Waals surface area contributed by atoms with E-state index in [1.807, 2.05) is 13.8 Å². The van der Waals surface area contributed by atoms with Crippen molar-refractivity contribution in [3.63, 3.8) is 0 Å². The van der Waals surface area contributed by atoms with E-state index in [2.05, 4.69) is 25.8 Å². The molecule has 0 aliphatic rings. The highest BCUT2D eigenvalue weighted by Crippen LogP contribution is 2.13. The molecule has 0 bridgehead atoms. The Balaban J connectivity index is 2.65. The fourth-order valence-electron chi connectivity index (χ4n) is 1.51. The van der Waals surface area contributed by atoms with Crippen molar-refractivity contribution >= 4 is 17.9 Å². The third-order valence-corrected chi connectivity index (χ3v) is 3.00. The summed E-state index contributed by atoms with van der Waals surface area (Å²) in [5.74, 6) is -0.879. The van der Waals surface area contributed by atoms with E-state index in [0.717, 1.165) is 17.8 Å². The van der Waals surface area contributed by atoms with E-state index in [1.165, 1.54) is 13.8 Å². The lowest BCUT2D eigenvalue weighted by atomic mass is 9.94. The number of carboxylic acids is 1. The Labute approximate surface area is 123 Å². The molecule has 0 aromatic carbocycles. The van der Waals surface area contributed by atoms with E-state index >= 15 is 0 Å². The van der Waals surface area contributed by atoms with Gasteiger partial charge in [-0.15, -0.1) is 10.2 Å². The highest BCUT2D eigenvalue weighted by Gasteiger charge is 2.27. The van der Waals surface area contributed by atoms with Gasteiger partial charge in [-0.25, -0.2) is 9.78 Å². The zero-order valence-corrected chi connectivity index (χ0v) is 12.7. The number of carbonyl (C=O) groups is 2. The minimum absolute atomic E-state index is 0.00469. The van der Waals surface area contributed by atoms with Crippen LogP contribution in [0.15, 0.2) is 0 Å². The van der Waals surface area contributed by atoms with Crippen LogP contribution in [0.25, 0.3) is 0 Å². The molecule has 0 unspecified atom stereocenters. The molecule has 0 radical (unpaired) electrons.